The lowest BCUT2D eigenvalue weighted by atomic mass is 10.2. The van der Waals surface area contributed by atoms with Crippen LogP contribution in [0.5, 0.6) is 11.5 Å². The molecule has 2 aromatic rings. The predicted octanol–water partition coefficient (Wildman–Crippen LogP) is 4.47. The molecule has 0 amide bonds. The van der Waals surface area contributed by atoms with Gasteiger partial charge in [-0.1, -0.05) is 11.8 Å². The van der Waals surface area contributed by atoms with Crippen molar-refractivity contribution in [2.24, 2.45) is 0 Å². The van der Waals surface area contributed by atoms with E-state index in [1.165, 1.54) is 20.9 Å². The Kier molecular flexibility index (Phi) is 4.38. The molecule has 0 saturated heterocycles. The second-order valence-electron chi connectivity index (χ2n) is 4.36. The lowest BCUT2D eigenvalue weighted by Crippen LogP contribution is -1.88. The molecule has 0 aliphatic heterocycles. The largest absolute Gasteiger partial charge is 0.497 e. The van der Waals surface area contributed by atoms with Crippen molar-refractivity contribution in [2.75, 3.05) is 14.2 Å². The molecule has 0 aliphatic carbocycles. The average molecular weight is 274 g/mol. The van der Waals surface area contributed by atoms with Crippen molar-refractivity contribution in [3.63, 3.8) is 0 Å². The van der Waals surface area contributed by atoms with E-state index in [0.717, 1.165) is 11.5 Å². The fraction of sp³-hybridized carbons (Fsp3) is 0.250. The molecule has 0 heterocycles. The van der Waals surface area contributed by atoms with Crippen molar-refractivity contribution < 1.29 is 9.47 Å². The summed E-state index contributed by atoms with van der Waals surface area (Å²) in [7, 11) is 3.38. The van der Waals surface area contributed by atoms with Crippen molar-refractivity contribution in [2.45, 2.75) is 23.6 Å². The maximum Gasteiger partial charge on any atom is 0.119 e. The maximum atomic E-state index is 5.23. The van der Waals surface area contributed by atoms with Gasteiger partial charge in [0, 0.05) is 9.79 Å². The standard InChI is InChI=1S/C16H18O2S/c1-11-9-13(17-3)5-7-15(11)19-16-8-6-14(18-4)10-12(16)2/h5-10H,1-4H3. The van der Waals surface area contributed by atoms with Gasteiger partial charge in [-0.25, -0.2) is 0 Å². The van der Waals surface area contributed by atoms with Crippen LogP contribution < -0.4 is 9.47 Å². The van der Waals surface area contributed by atoms with Gasteiger partial charge in [-0.3, -0.25) is 0 Å². The number of aryl methyl sites for hydroxylation is 2. The quantitative estimate of drug-likeness (QED) is 0.819. The first-order chi connectivity index (χ1) is 9.13. The van der Waals surface area contributed by atoms with Gasteiger partial charge in [0.1, 0.15) is 11.5 Å². The second kappa shape index (κ2) is 6.02. The van der Waals surface area contributed by atoms with Crippen molar-refractivity contribution in [3.05, 3.63) is 47.5 Å². The maximum absolute atomic E-state index is 5.23. The van der Waals surface area contributed by atoms with E-state index in [1.807, 2.05) is 12.1 Å². The summed E-state index contributed by atoms with van der Waals surface area (Å²) in [5.74, 6) is 1.79. The summed E-state index contributed by atoms with van der Waals surface area (Å²) in [4.78, 5) is 2.49. The summed E-state index contributed by atoms with van der Waals surface area (Å²) >= 11 is 1.77. The summed E-state index contributed by atoms with van der Waals surface area (Å²) in [6, 6.07) is 12.3. The van der Waals surface area contributed by atoms with Gasteiger partial charge in [-0.05, 0) is 61.4 Å². The normalized spacial score (nSPS) is 10.3. The molecule has 0 atom stereocenters. The van der Waals surface area contributed by atoms with Crippen LogP contribution >= 0.6 is 11.8 Å². The Morgan fingerprint density at radius 2 is 1.16 bits per heavy atom. The van der Waals surface area contributed by atoms with Crippen molar-refractivity contribution in [1.29, 1.82) is 0 Å². The zero-order valence-electron chi connectivity index (χ0n) is 11.7. The van der Waals surface area contributed by atoms with Gasteiger partial charge in [0.2, 0.25) is 0 Å². The topological polar surface area (TPSA) is 18.5 Å². The van der Waals surface area contributed by atoms with E-state index < -0.39 is 0 Å². The molecule has 3 heteroatoms. The Labute approximate surface area is 118 Å². The van der Waals surface area contributed by atoms with Crippen LogP contribution in [0.15, 0.2) is 46.2 Å². The molecule has 0 aromatic heterocycles. The molecule has 0 N–H and O–H groups in total. The van der Waals surface area contributed by atoms with Crippen molar-refractivity contribution in [3.8, 4) is 11.5 Å². The number of benzene rings is 2. The summed E-state index contributed by atoms with van der Waals surface area (Å²) < 4.78 is 10.5. The summed E-state index contributed by atoms with van der Waals surface area (Å²) in [6.07, 6.45) is 0. The number of ether oxygens (including phenoxy) is 2. The first-order valence-electron chi connectivity index (χ1n) is 6.11. The first-order valence-corrected chi connectivity index (χ1v) is 6.93. The van der Waals surface area contributed by atoms with E-state index in [-0.39, 0.29) is 0 Å². The summed E-state index contributed by atoms with van der Waals surface area (Å²) in [5.41, 5.74) is 2.44. The van der Waals surface area contributed by atoms with Crippen LogP contribution in [-0.2, 0) is 0 Å². The van der Waals surface area contributed by atoms with Crippen molar-refractivity contribution >= 4 is 11.8 Å². The van der Waals surface area contributed by atoms with Crippen LogP contribution in [0, 0.1) is 13.8 Å². The lowest BCUT2D eigenvalue weighted by molar-refractivity contribution is 0.414. The molecular formula is C16H18O2S. The Hall–Kier alpha value is -1.61. The zero-order chi connectivity index (χ0) is 13.8. The second-order valence-corrected chi connectivity index (χ2v) is 5.45. The van der Waals surface area contributed by atoms with Gasteiger partial charge in [0.25, 0.3) is 0 Å². The van der Waals surface area contributed by atoms with Gasteiger partial charge in [-0.15, -0.1) is 0 Å². The minimum absolute atomic E-state index is 0.897. The number of hydrogen-bond acceptors (Lipinski definition) is 3. The third kappa shape index (κ3) is 3.24. The minimum atomic E-state index is 0.897. The lowest BCUT2D eigenvalue weighted by Gasteiger charge is -2.10. The van der Waals surface area contributed by atoms with Crippen LogP contribution in [0.2, 0.25) is 0 Å². The Balaban J connectivity index is 2.26. The van der Waals surface area contributed by atoms with E-state index in [9.17, 15) is 0 Å². The Morgan fingerprint density at radius 1 is 0.737 bits per heavy atom. The number of methoxy groups -OCH3 is 2. The molecule has 0 unspecified atom stereocenters. The van der Waals surface area contributed by atoms with Crippen molar-refractivity contribution in [1.82, 2.24) is 0 Å². The van der Waals surface area contributed by atoms with Gasteiger partial charge in [-0.2, -0.15) is 0 Å². The molecule has 0 radical (unpaired) electrons. The smallest absolute Gasteiger partial charge is 0.119 e. The molecule has 19 heavy (non-hydrogen) atoms. The average Bonchev–Trinajstić information content (AvgIpc) is 2.42. The van der Waals surface area contributed by atoms with Crippen LogP contribution in [0.3, 0.4) is 0 Å². The van der Waals surface area contributed by atoms with Gasteiger partial charge in [0.05, 0.1) is 14.2 Å². The van der Waals surface area contributed by atoms with E-state index in [1.54, 1.807) is 26.0 Å². The van der Waals surface area contributed by atoms with E-state index in [0.29, 0.717) is 0 Å². The molecule has 0 aliphatic rings. The number of hydrogen-bond donors (Lipinski definition) is 0. The SMILES string of the molecule is COc1ccc(Sc2ccc(OC)cc2C)c(C)c1. The highest BCUT2D eigenvalue weighted by Gasteiger charge is 2.06. The monoisotopic (exact) mass is 274 g/mol. The third-order valence-corrected chi connectivity index (χ3v) is 4.34. The Bertz CT molecular complexity index is 527. The molecule has 0 saturated carbocycles. The van der Waals surface area contributed by atoms with Crippen LogP contribution in [0.4, 0.5) is 0 Å². The molecule has 2 rings (SSSR count). The zero-order valence-corrected chi connectivity index (χ0v) is 12.5. The van der Waals surface area contributed by atoms with Gasteiger partial charge < -0.3 is 9.47 Å². The molecule has 2 nitrogen and oxygen atoms in total. The summed E-state index contributed by atoms with van der Waals surface area (Å²) in [6.45, 7) is 4.20. The number of rotatable bonds is 4. The molecule has 0 bridgehead atoms. The van der Waals surface area contributed by atoms with Crippen LogP contribution in [0.25, 0.3) is 0 Å². The summed E-state index contributed by atoms with van der Waals surface area (Å²) in [5, 5.41) is 0. The highest BCUT2D eigenvalue weighted by Crippen LogP contribution is 2.35. The predicted molar refractivity (Wildman–Crippen MR) is 79.6 cm³/mol. The molecule has 0 spiro atoms. The molecule has 100 valence electrons. The Morgan fingerprint density at radius 3 is 1.47 bits per heavy atom. The third-order valence-electron chi connectivity index (χ3n) is 2.98. The fourth-order valence-corrected chi connectivity index (χ4v) is 2.79. The van der Waals surface area contributed by atoms with Crippen LogP contribution in [0.1, 0.15) is 11.1 Å². The molecular weight excluding hydrogens is 256 g/mol. The fourth-order valence-electron chi connectivity index (χ4n) is 1.85. The van der Waals surface area contributed by atoms with E-state index in [4.69, 9.17) is 9.47 Å². The highest BCUT2D eigenvalue weighted by molar-refractivity contribution is 7.99. The van der Waals surface area contributed by atoms with Gasteiger partial charge in [0.15, 0.2) is 0 Å². The van der Waals surface area contributed by atoms with E-state index >= 15 is 0 Å². The highest BCUT2D eigenvalue weighted by atomic mass is 32.2. The molecule has 2 aromatic carbocycles. The van der Waals surface area contributed by atoms with E-state index in [2.05, 4.69) is 38.1 Å². The van der Waals surface area contributed by atoms with Gasteiger partial charge >= 0.3 is 0 Å². The minimum Gasteiger partial charge on any atom is -0.497 e. The molecule has 0 fully saturated rings. The van der Waals surface area contributed by atoms with Crippen LogP contribution in [-0.4, -0.2) is 14.2 Å². The first kappa shape index (κ1) is 13.8.